The van der Waals surface area contributed by atoms with Crippen molar-refractivity contribution in [3.05, 3.63) is 0 Å². The first kappa shape index (κ1) is 11.5. The predicted molar refractivity (Wildman–Crippen MR) is 54.4 cm³/mol. The van der Waals surface area contributed by atoms with Crippen LogP contribution in [0.1, 0.15) is 52.4 Å². The first-order valence-corrected chi connectivity index (χ1v) is 6.86. The maximum absolute atomic E-state index is 2.31. The Labute approximate surface area is 78.5 Å². The van der Waals surface area contributed by atoms with Crippen molar-refractivity contribution in [3.8, 4) is 0 Å². The van der Waals surface area contributed by atoms with E-state index in [9.17, 15) is 0 Å². The molecule has 0 radical (unpaired) electrons. The van der Waals surface area contributed by atoms with Gasteiger partial charge in [0.1, 0.15) is 0 Å². The fraction of sp³-hybridized carbons (Fsp3) is 1.00. The molecule has 0 aromatic carbocycles. The van der Waals surface area contributed by atoms with Crippen LogP contribution in [0.3, 0.4) is 0 Å². The predicted octanol–water partition coefficient (Wildman–Crippen LogP) is 3.91. The molecule has 0 aromatic rings. The molecular formula is C10H22Al+. The Bertz CT molecular complexity index is 53.9. The molecule has 11 heavy (non-hydrogen) atoms. The molecule has 0 heterocycles. The Balaban J connectivity index is 2.69. The van der Waals surface area contributed by atoms with Gasteiger partial charge < -0.3 is 0 Å². The van der Waals surface area contributed by atoms with Crippen molar-refractivity contribution < 1.29 is 0 Å². The summed E-state index contributed by atoms with van der Waals surface area (Å²) in [6, 6.07) is 0. The van der Waals surface area contributed by atoms with E-state index in [0.717, 1.165) is 15.2 Å². The summed E-state index contributed by atoms with van der Waals surface area (Å²) in [4.78, 5) is 0. The Kier molecular flexibility index (Phi) is 11.0. The third-order valence-corrected chi connectivity index (χ3v) is 3.44. The monoisotopic (exact) mass is 169 g/mol. The summed E-state index contributed by atoms with van der Waals surface area (Å²) < 4.78 is 0. The molecule has 0 rings (SSSR count). The molecule has 0 fully saturated rings. The van der Waals surface area contributed by atoms with E-state index in [1.54, 1.807) is 5.28 Å². The minimum atomic E-state index is 0.805. The van der Waals surface area contributed by atoms with Crippen molar-refractivity contribution in [2.24, 2.45) is 0 Å². The molecule has 0 atom stereocenters. The molecule has 0 nitrogen and oxygen atoms in total. The molecule has 64 valence electrons. The molecule has 0 aliphatic heterocycles. The van der Waals surface area contributed by atoms with E-state index in [-0.39, 0.29) is 0 Å². The summed E-state index contributed by atoms with van der Waals surface area (Å²) in [7, 11) is 0. The van der Waals surface area contributed by atoms with Gasteiger partial charge in [0.05, 0.1) is 0 Å². The first-order chi connectivity index (χ1) is 5.41. The summed E-state index contributed by atoms with van der Waals surface area (Å²) in [6.45, 7) is 4.59. The van der Waals surface area contributed by atoms with Crippen molar-refractivity contribution in [2.45, 2.75) is 62.9 Å². The molecule has 0 aromatic heterocycles. The van der Waals surface area contributed by atoms with Crippen LogP contribution in [-0.4, -0.2) is 15.2 Å². The Morgan fingerprint density at radius 1 is 0.818 bits per heavy atom. The standard InChI is InChI=1S/C8H17.C2H5.Al/c1-3-5-7-8-6-4-2;1-2;/h1,3-8H2,2H3;1H2,2H3;/q;;+1. The van der Waals surface area contributed by atoms with Crippen molar-refractivity contribution in [1.29, 1.82) is 0 Å². The molecule has 0 saturated carbocycles. The van der Waals surface area contributed by atoms with Crippen molar-refractivity contribution in [2.75, 3.05) is 0 Å². The van der Waals surface area contributed by atoms with Crippen molar-refractivity contribution in [3.63, 3.8) is 0 Å². The van der Waals surface area contributed by atoms with Gasteiger partial charge in [-0.15, -0.1) is 0 Å². The van der Waals surface area contributed by atoms with Crippen LogP contribution >= 0.6 is 0 Å². The molecule has 0 spiro atoms. The number of rotatable bonds is 8. The second kappa shape index (κ2) is 10.5. The second-order valence-electron chi connectivity index (χ2n) is 3.25. The van der Waals surface area contributed by atoms with Crippen molar-refractivity contribution in [1.82, 2.24) is 0 Å². The summed E-state index contributed by atoms with van der Waals surface area (Å²) in [5.74, 6) is 0. The van der Waals surface area contributed by atoms with Gasteiger partial charge in [-0.2, -0.15) is 0 Å². The second-order valence-corrected chi connectivity index (χ2v) is 5.22. The minimum absolute atomic E-state index is 0.805. The number of hydrogen-bond donors (Lipinski definition) is 0. The van der Waals surface area contributed by atoms with Crippen LogP contribution < -0.4 is 0 Å². The summed E-state index contributed by atoms with van der Waals surface area (Å²) in [6.07, 6.45) is 8.77. The SMILES string of the molecule is CCCCCCC[CH2][Al+][CH2]C. The van der Waals surface area contributed by atoms with Crippen LogP contribution in [0.2, 0.25) is 10.6 Å². The number of unbranched alkanes of at least 4 members (excludes halogenated alkanes) is 5. The molecule has 0 aliphatic carbocycles. The van der Waals surface area contributed by atoms with Gasteiger partial charge in [0.25, 0.3) is 0 Å². The first-order valence-electron chi connectivity index (χ1n) is 5.23. The third-order valence-electron chi connectivity index (χ3n) is 2.05. The molecule has 1 heteroatoms. The van der Waals surface area contributed by atoms with E-state index < -0.39 is 0 Å². The van der Waals surface area contributed by atoms with E-state index in [2.05, 4.69) is 13.8 Å². The van der Waals surface area contributed by atoms with Gasteiger partial charge in [-0.25, -0.2) is 0 Å². The fourth-order valence-electron chi connectivity index (χ4n) is 1.27. The van der Waals surface area contributed by atoms with Crippen molar-refractivity contribution >= 4 is 15.2 Å². The van der Waals surface area contributed by atoms with Crippen LogP contribution in [0, 0.1) is 0 Å². The van der Waals surface area contributed by atoms with Gasteiger partial charge in [-0.1, -0.05) is 0 Å². The average molecular weight is 169 g/mol. The van der Waals surface area contributed by atoms with Gasteiger partial charge in [0, 0.05) is 0 Å². The van der Waals surface area contributed by atoms with E-state index in [4.69, 9.17) is 0 Å². The molecule has 0 bridgehead atoms. The normalized spacial score (nSPS) is 9.64. The molecule has 0 unspecified atom stereocenters. The van der Waals surface area contributed by atoms with Crippen LogP contribution in [-0.2, 0) is 0 Å². The van der Waals surface area contributed by atoms with Crippen LogP contribution in [0.4, 0.5) is 0 Å². The Morgan fingerprint density at radius 3 is 2.09 bits per heavy atom. The van der Waals surface area contributed by atoms with Crippen LogP contribution in [0.5, 0.6) is 0 Å². The quantitative estimate of drug-likeness (QED) is 0.382. The Hall–Kier alpha value is 0.532. The molecule has 0 saturated heterocycles. The van der Waals surface area contributed by atoms with Gasteiger partial charge in [-0.3, -0.25) is 0 Å². The zero-order valence-electron chi connectivity index (χ0n) is 8.23. The molecule has 0 N–H and O–H groups in total. The fourth-order valence-corrected chi connectivity index (χ4v) is 2.26. The summed E-state index contributed by atoms with van der Waals surface area (Å²) in [5.41, 5.74) is 0. The van der Waals surface area contributed by atoms with Crippen LogP contribution in [0.25, 0.3) is 0 Å². The molecule has 0 aliphatic rings. The van der Waals surface area contributed by atoms with E-state index in [1.807, 2.05) is 0 Å². The van der Waals surface area contributed by atoms with Crippen LogP contribution in [0.15, 0.2) is 0 Å². The van der Waals surface area contributed by atoms with Gasteiger partial charge >= 0.3 is 78.2 Å². The molecular weight excluding hydrogens is 147 g/mol. The van der Waals surface area contributed by atoms with Gasteiger partial charge in [-0.05, 0) is 0 Å². The number of hydrogen-bond acceptors (Lipinski definition) is 0. The van der Waals surface area contributed by atoms with Gasteiger partial charge in [0.15, 0.2) is 0 Å². The summed E-state index contributed by atoms with van der Waals surface area (Å²) >= 11 is 0.805. The maximum atomic E-state index is 2.31. The topological polar surface area (TPSA) is 0 Å². The zero-order valence-corrected chi connectivity index (χ0v) is 9.39. The Morgan fingerprint density at radius 2 is 1.45 bits per heavy atom. The van der Waals surface area contributed by atoms with E-state index in [0.29, 0.717) is 0 Å². The van der Waals surface area contributed by atoms with E-state index >= 15 is 0 Å². The molecule has 0 amide bonds. The summed E-state index contributed by atoms with van der Waals surface area (Å²) in [5, 5.41) is 3.00. The van der Waals surface area contributed by atoms with Gasteiger partial charge in [0.2, 0.25) is 0 Å². The van der Waals surface area contributed by atoms with E-state index in [1.165, 1.54) is 43.8 Å². The third kappa shape index (κ3) is 10.5. The zero-order chi connectivity index (χ0) is 8.36. The average Bonchev–Trinajstić information content (AvgIpc) is 2.03.